The number of carbonyl (C=O) groups is 3. The van der Waals surface area contributed by atoms with Crippen LogP contribution in [-0.4, -0.2) is 34.5 Å². The van der Waals surface area contributed by atoms with Crippen molar-refractivity contribution in [2.24, 2.45) is 0 Å². The maximum Gasteiger partial charge on any atom is 0.355 e. The van der Waals surface area contributed by atoms with E-state index in [0.717, 1.165) is 16.8 Å². The van der Waals surface area contributed by atoms with E-state index in [9.17, 15) is 14.4 Å². The monoisotopic (exact) mass is 404 g/mol. The van der Waals surface area contributed by atoms with E-state index in [1.807, 2.05) is 13.8 Å². The van der Waals surface area contributed by atoms with Gasteiger partial charge in [-0.15, -0.1) is 0 Å². The van der Waals surface area contributed by atoms with Gasteiger partial charge in [0.25, 0.3) is 0 Å². The maximum atomic E-state index is 12.3. The number of hydrogen-bond acceptors (Lipinski definition) is 6. The van der Waals surface area contributed by atoms with Crippen LogP contribution in [0.3, 0.4) is 0 Å². The number of H-pyrrole nitrogens is 2. The molecule has 0 aliphatic rings. The Morgan fingerprint density at radius 1 is 0.862 bits per heavy atom. The summed E-state index contributed by atoms with van der Waals surface area (Å²) >= 11 is 0. The molecule has 0 spiro atoms. The lowest BCUT2D eigenvalue weighted by atomic mass is 10.1. The zero-order chi connectivity index (χ0) is 21.7. The summed E-state index contributed by atoms with van der Waals surface area (Å²) in [5.74, 6) is -0.523. The zero-order valence-electron chi connectivity index (χ0n) is 17.8. The quantitative estimate of drug-likeness (QED) is 0.650. The van der Waals surface area contributed by atoms with Crippen LogP contribution in [0.5, 0.6) is 11.6 Å². The first-order valence-corrected chi connectivity index (χ1v) is 9.71. The second kappa shape index (κ2) is 9.45. The minimum Gasteiger partial charge on any atom is -0.461 e. The first kappa shape index (κ1) is 22.3. The molecule has 2 aromatic heterocycles. The number of aryl methyl sites for hydroxylation is 1. The van der Waals surface area contributed by atoms with E-state index in [-0.39, 0.29) is 31.1 Å². The van der Waals surface area contributed by atoms with Crippen LogP contribution in [0.4, 0.5) is 0 Å². The number of carbonyl (C=O) groups excluding carboxylic acids is 3. The molecule has 0 unspecified atom stereocenters. The molecule has 0 aromatic carbocycles. The molecule has 0 atom stereocenters. The molecule has 0 aliphatic carbocycles. The highest BCUT2D eigenvalue weighted by atomic mass is 16.5. The highest BCUT2D eigenvalue weighted by molar-refractivity contribution is 5.91. The van der Waals surface area contributed by atoms with E-state index in [4.69, 9.17) is 14.2 Å². The molecule has 8 nitrogen and oxygen atoms in total. The Morgan fingerprint density at radius 2 is 1.48 bits per heavy atom. The van der Waals surface area contributed by atoms with E-state index >= 15 is 0 Å². The third-order valence-corrected chi connectivity index (χ3v) is 4.65. The van der Waals surface area contributed by atoms with Crippen LogP contribution in [0.25, 0.3) is 0 Å². The molecule has 0 saturated heterocycles. The fourth-order valence-corrected chi connectivity index (χ4v) is 2.99. The van der Waals surface area contributed by atoms with Gasteiger partial charge in [0.15, 0.2) is 5.75 Å². The fraction of sp³-hybridized carbons (Fsp3) is 0.476. The van der Waals surface area contributed by atoms with E-state index < -0.39 is 11.9 Å². The number of rotatable bonds is 8. The number of aromatic nitrogens is 2. The van der Waals surface area contributed by atoms with Crippen molar-refractivity contribution in [1.82, 2.24) is 9.97 Å². The van der Waals surface area contributed by atoms with Crippen molar-refractivity contribution in [2.75, 3.05) is 6.61 Å². The molecule has 0 saturated carbocycles. The second-order valence-electron chi connectivity index (χ2n) is 6.67. The second-order valence-corrected chi connectivity index (χ2v) is 6.67. The summed E-state index contributed by atoms with van der Waals surface area (Å²) in [6.07, 6.45) is 0.825. The van der Waals surface area contributed by atoms with Crippen molar-refractivity contribution in [3.8, 4) is 11.6 Å². The maximum absolute atomic E-state index is 12.3. The van der Waals surface area contributed by atoms with Gasteiger partial charge in [-0.1, -0.05) is 13.8 Å². The standard InChI is InChI=1S/C21H28N2O6/c1-7-16(24)28-19-12(5)18(21(26)27-9-3)23-15(19)10-14-11(4)20(22-13(14)6)29-17(25)8-2/h22-23H,7-10H2,1-6H3. The van der Waals surface area contributed by atoms with Gasteiger partial charge in [-0.25, -0.2) is 4.79 Å². The number of esters is 3. The summed E-state index contributed by atoms with van der Waals surface area (Å²) in [5, 5.41) is 0. The van der Waals surface area contributed by atoms with Crippen LogP contribution in [-0.2, 0) is 20.7 Å². The van der Waals surface area contributed by atoms with Gasteiger partial charge in [0.05, 0.1) is 12.3 Å². The fourth-order valence-electron chi connectivity index (χ4n) is 2.99. The normalized spacial score (nSPS) is 10.7. The van der Waals surface area contributed by atoms with Crippen LogP contribution in [0.15, 0.2) is 0 Å². The average Bonchev–Trinajstić information content (AvgIpc) is 3.13. The molecular formula is C21H28N2O6. The summed E-state index contributed by atoms with van der Waals surface area (Å²) in [7, 11) is 0. The molecule has 158 valence electrons. The molecule has 29 heavy (non-hydrogen) atoms. The molecular weight excluding hydrogens is 376 g/mol. The van der Waals surface area contributed by atoms with Crippen LogP contribution >= 0.6 is 0 Å². The molecule has 0 bridgehead atoms. The lowest BCUT2D eigenvalue weighted by molar-refractivity contribution is -0.135. The van der Waals surface area contributed by atoms with Crippen molar-refractivity contribution < 1.29 is 28.6 Å². The largest absolute Gasteiger partial charge is 0.461 e. The smallest absolute Gasteiger partial charge is 0.355 e. The van der Waals surface area contributed by atoms with Gasteiger partial charge in [-0.3, -0.25) is 9.59 Å². The number of hydrogen-bond donors (Lipinski definition) is 2. The first-order chi connectivity index (χ1) is 13.7. The summed E-state index contributed by atoms with van der Waals surface area (Å²) in [4.78, 5) is 42.0. The summed E-state index contributed by atoms with van der Waals surface area (Å²) in [6, 6.07) is 0. The van der Waals surface area contributed by atoms with Crippen LogP contribution in [0.1, 0.15) is 72.2 Å². The molecule has 2 heterocycles. The van der Waals surface area contributed by atoms with Crippen molar-refractivity contribution >= 4 is 17.9 Å². The molecule has 2 rings (SSSR count). The van der Waals surface area contributed by atoms with Gasteiger partial charge in [0.2, 0.25) is 5.88 Å². The first-order valence-electron chi connectivity index (χ1n) is 9.71. The third kappa shape index (κ3) is 4.88. The molecule has 0 fully saturated rings. The molecule has 0 aliphatic heterocycles. The molecule has 8 heteroatoms. The number of nitrogens with one attached hydrogen (secondary N) is 2. The van der Waals surface area contributed by atoms with Gasteiger partial charge in [0, 0.05) is 36.1 Å². The minimum atomic E-state index is -0.509. The van der Waals surface area contributed by atoms with E-state index in [0.29, 0.717) is 29.3 Å². The highest BCUT2D eigenvalue weighted by Crippen LogP contribution is 2.33. The average molecular weight is 404 g/mol. The molecule has 0 radical (unpaired) electrons. The molecule has 0 amide bonds. The van der Waals surface area contributed by atoms with Gasteiger partial charge in [0.1, 0.15) is 5.69 Å². The Labute approximate surface area is 169 Å². The Balaban J connectivity index is 2.46. The molecule has 2 aromatic rings. The topological polar surface area (TPSA) is 110 Å². The van der Waals surface area contributed by atoms with Crippen molar-refractivity contribution in [3.63, 3.8) is 0 Å². The van der Waals surface area contributed by atoms with Gasteiger partial charge >= 0.3 is 17.9 Å². The lowest BCUT2D eigenvalue weighted by Crippen LogP contribution is -2.08. The van der Waals surface area contributed by atoms with Crippen LogP contribution < -0.4 is 9.47 Å². The van der Waals surface area contributed by atoms with E-state index in [1.54, 1.807) is 27.7 Å². The summed E-state index contributed by atoms with van der Waals surface area (Å²) in [5.41, 5.74) is 3.83. The SMILES string of the molecule is CCOC(=O)c1[nH]c(Cc2c(C)[nH]c(OC(=O)CC)c2C)c(OC(=O)CC)c1C. The molecule has 2 N–H and O–H groups in total. The minimum absolute atomic E-state index is 0.206. The highest BCUT2D eigenvalue weighted by Gasteiger charge is 2.25. The van der Waals surface area contributed by atoms with Crippen molar-refractivity contribution in [1.29, 1.82) is 0 Å². The number of aromatic amines is 2. The predicted molar refractivity (Wildman–Crippen MR) is 106 cm³/mol. The summed E-state index contributed by atoms with van der Waals surface area (Å²) < 4.78 is 15.9. The van der Waals surface area contributed by atoms with Crippen LogP contribution in [0, 0.1) is 20.8 Å². The lowest BCUT2D eigenvalue weighted by Gasteiger charge is -2.07. The van der Waals surface area contributed by atoms with Crippen molar-refractivity contribution in [2.45, 2.75) is 60.8 Å². The zero-order valence-corrected chi connectivity index (χ0v) is 17.8. The van der Waals surface area contributed by atoms with Gasteiger partial charge in [-0.05, 0) is 33.3 Å². The Bertz CT molecular complexity index is 922. The Hall–Kier alpha value is -3.03. The van der Waals surface area contributed by atoms with E-state index in [1.165, 1.54) is 0 Å². The van der Waals surface area contributed by atoms with Crippen molar-refractivity contribution in [3.05, 3.63) is 33.8 Å². The number of ether oxygens (including phenoxy) is 3. The van der Waals surface area contributed by atoms with E-state index in [2.05, 4.69) is 9.97 Å². The Morgan fingerprint density at radius 3 is 2.07 bits per heavy atom. The predicted octanol–water partition coefficient (Wildman–Crippen LogP) is 3.67. The van der Waals surface area contributed by atoms with Gasteiger partial charge in [-0.2, -0.15) is 0 Å². The van der Waals surface area contributed by atoms with Crippen LogP contribution in [0.2, 0.25) is 0 Å². The Kier molecular flexibility index (Phi) is 7.25. The van der Waals surface area contributed by atoms with Gasteiger partial charge < -0.3 is 24.2 Å². The summed E-state index contributed by atoms with van der Waals surface area (Å²) in [6.45, 7) is 10.8. The third-order valence-electron chi connectivity index (χ3n) is 4.65.